The lowest BCUT2D eigenvalue weighted by Gasteiger charge is -2.19. The minimum atomic E-state index is -0.517. The Balaban J connectivity index is 0.00000300. The molecule has 1 aliphatic heterocycles. The van der Waals surface area contributed by atoms with Crippen molar-refractivity contribution in [2.24, 2.45) is 5.92 Å². The number of ether oxygens (including phenoxy) is 1. The summed E-state index contributed by atoms with van der Waals surface area (Å²) in [5.74, 6) is -0.343. The Bertz CT molecular complexity index is 849. The normalized spacial score (nSPS) is 15.5. The molecule has 2 N–H and O–H groups in total. The van der Waals surface area contributed by atoms with Gasteiger partial charge in [0.25, 0.3) is 11.8 Å². The van der Waals surface area contributed by atoms with E-state index in [2.05, 4.69) is 10.6 Å². The molecular formula is C21H25ClFN3O3. The van der Waals surface area contributed by atoms with Crippen molar-refractivity contribution in [1.82, 2.24) is 10.2 Å². The number of hydrogen-bond acceptors (Lipinski definition) is 4. The van der Waals surface area contributed by atoms with Crippen molar-refractivity contribution in [3.05, 3.63) is 59.9 Å². The first-order chi connectivity index (χ1) is 13.6. The van der Waals surface area contributed by atoms with Crippen LogP contribution in [0.3, 0.4) is 0 Å². The third kappa shape index (κ3) is 5.92. The molecule has 0 aliphatic carbocycles. The molecule has 1 unspecified atom stereocenters. The van der Waals surface area contributed by atoms with Gasteiger partial charge in [-0.25, -0.2) is 4.39 Å². The number of anilines is 1. The quantitative estimate of drug-likeness (QED) is 0.721. The summed E-state index contributed by atoms with van der Waals surface area (Å²) in [4.78, 5) is 26.8. The molecule has 0 bridgehead atoms. The standard InChI is InChI=1S/C21H24FN3O3.ClH/c1-23-12-15-10-11-25(13-15)21(27)16-6-2-5-9-19(16)28-14-20(26)24-18-8-4-3-7-17(18)22;/h2-9,15,23H,10-14H2,1H3,(H,24,26);1H. The van der Waals surface area contributed by atoms with Gasteiger partial charge in [-0.05, 0) is 50.2 Å². The molecule has 2 aromatic carbocycles. The molecule has 1 atom stereocenters. The van der Waals surface area contributed by atoms with E-state index in [9.17, 15) is 14.0 Å². The zero-order valence-corrected chi connectivity index (χ0v) is 17.0. The van der Waals surface area contributed by atoms with Gasteiger partial charge in [0.1, 0.15) is 11.6 Å². The van der Waals surface area contributed by atoms with Gasteiger partial charge in [0.05, 0.1) is 11.3 Å². The Morgan fingerprint density at radius 1 is 1.17 bits per heavy atom. The Labute approximate surface area is 175 Å². The topological polar surface area (TPSA) is 70.7 Å². The van der Waals surface area contributed by atoms with E-state index in [0.717, 1.165) is 13.0 Å². The van der Waals surface area contributed by atoms with E-state index in [1.807, 2.05) is 11.9 Å². The van der Waals surface area contributed by atoms with E-state index in [1.54, 1.807) is 36.4 Å². The van der Waals surface area contributed by atoms with E-state index in [4.69, 9.17) is 4.74 Å². The Kier molecular flexibility index (Phi) is 8.42. The molecule has 1 fully saturated rings. The van der Waals surface area contributed by atoms with E-state index < -0.39 is 11.7 Å². The minimum absolute atomic E-state index is 0. The lowest BCUT2D eigenvalue weighted by molar-refractivity contribution is -0.118. The first-order valence-electron chi connectivity index (χ1n) is 9.28. The number of carbonyl (C=O) groups excluding carboxylic acids is 2. The van der Waals surface area contributed by atoms with Crippen molar-refractivity contribution in [1.29, 1.82) is 0 Å². The molecule has 29 heavy (non-hydrogen) atoms. The van der Waals surface area contributed by atoms with Crippen LogP contribution < -0.4 is 15.4 Å². The maximum atomic E-state index is 13.6. The summed E-state index contributed by atoms with van der Waals surface area (Å²) < 4.78 is 19.2. The minimum Gasteiger partial charge on any atom is -0.483 e. The van der Waals surface area contributed by atoms with Crippen LogP contribution in [-0.2, 0) is 4.79 Å². The fraction of sp³-hybridized carbons (Fsp3) is 0.333. The predicted molar refractivity (Wildman–Crippen MR) is 112 cm³/mol. The van der Waals surface area contributed by atoms with Crippen LogP contribution >= 0.6 is 12.4 Å². The SMILES string of the molecule is CNCC1CCN(C(=O)c2ccccc2OCC(=O)Nc2ccccc2F)C1.Cl. The Morgan fingerprint density at radius 2 is 1.90 bits per heavy atom. The summed E-state index contributed by atoms with van der Waals surface area (Å²) >= 11 is 0. The molecular weight excluding hydrogens is 397 g/mol. The first-order valence-corrected chi connectivity index (χ1v) is 9.28. The van der Waals surface area contributed by atoms with Gasteiger partial charge in [0, 0.05) is 13.1 Å². The van der Waals surface area contributed by atoms with Gasteiger partial charge in [0.15, 0.2) is 6.61 Å². The average Bonchev–Trinajstić information content (AvgIpc) is 3.17. The van der Waals surface area contributed by atoms with Crippen molar-refractivity contribution < 1.29 is 18.7 Å². The van der Waals surface area contributed by atoms with E-state index in [0.29, 0.717) is 30.3 Å². The zero-order chi connectivity index (χ0) is 19.9. The third-order valence-corrected chi connectivity index (χ3v) is 4.69. The second kappa shape index (κ2) is 10.8. The fourth-order valence-electron chi connectivity index (χ4n) is 3.30. The highest BCUT2D eigenvalue weighted by atomic mass is 35.5. The predicted octanol–water partition coefficient (Wildman–Crippen LogP) is 2.95. The molecule has 1 aliphatic rings. The number of para-hydroxylation sites is 2. The van der Waals surface area contributed by atoms with Gasteiger partial charge >= 0.3 is 0 Å². The number of nitrogens with zero attached hydrogens (tertiary/aromatic N) is 1. The summed E-state index contributed by atoms with van der Waals surface area (Å²) in [6.07, 6.45) is 0.959. The molecule has 2 amide bonds. The summed E-state index contributed by atoms with van der Waals surface area (Å²) in [5.41, 5.74) is 0.513. The molecule has 0 aromatic heterocycles. The molecule has 6 nitrogen and oxygen atoms in total. The molecule has 0 saturated carbocycles. The van der Waals surface area contributed by atoms with E-state index in [1.165, 1.54) is 12.1 Å². The highest BCUT2D eigenvalue weighted by Crippen LogP contribution is 2.24. The van der Waals surface area contributed by atoms with Crippen molar-refractivity contribution in [2.75, 3.05) is 38.6 Å². The second-order valence-corrected chi connectivity index (χ2v) is 6.78. The van der Waals surface area contributed by atoms with E-state index >= 15 is 0 Å². The maximum absolute atomic E-state index is 13.6. The number of benzene rings is 2. The van der Waals surface area contributed by atoms with Crippen molar-refractivity contribution in [3.8, 4) is 5.75 Å². The molecule has 0 radical (unpaired) electrons. The number of nitrogens with one attached hydrogen (secondary N) is 2. The number of amides is 2. The van der Waals surface area contributed by atoms with Crippen LogP contribution in [0.4, 0.5) is 10.1 Å². The molecule has 156 valence electrons. The lowest BCUT2D eigenvalue weighted by Crippen LogP contribution is -2.31. The molecule has 1 saturated heterocycles. The first kappa shape index (κ1) is 22.6. The van der Waals surface area contributed by atoms with Crippen LogP contribution in [-0.4, -0.2) is 50.0 Å². The van der Waals surface area contributed by atoms with Crippen LogP contribution in [0.25, 0.3) is 0 Å². The van der Waals surface area contributed by atoms with Crippen LogP contribution in [0.15, 0.2) is 48.5 Å². The van der Waals surface area contributed by atoms with Crippen molar-refractivity contribution in [3.63, 3.8) is 0 Å². The largest absolute Gasteiger partial charge is 0.483 e. The fourth-order valence-corrected chi connectivity index (χ4v) is 3.30. The van der Waals surface area contributed by atoms with Crippen LogP contribution in [0.1, 0.15) is 16.8 Å². The summed E-state index contributed by atoms with van der Waals surface area (Å²) in [6, 6.07) is 12.8. The number of hydrogen-bond donors (Lipinski definition) is 2. The highest BCUT2D eigenvalue weighted by Gasteiger charge is 2.28. The van der Waals surface area contributed by atoms with Crippen LogP contribution in [0, 0.1) is 11.7 Å². The number of halogens is 2. The second-order valence-electron chi connectivity index (χ2n) is 6.78. The molecule has 8 heteroatoms. The average molecular weight is 422 g/mol. The monoisotopic (exact) mass is 421 g/mol. The van der Waals surface area contributed by atoms with Crippen LogP contribution in [0.2, 0.25) is 0 Å². The third-order valence-electron chi connectivity index (χ3n) is 4.69. The summed E-state index contributed by atoms with van der Waals surface area (Å²) in [5, 5.41) is 5.61. The molecule has 1 heterocycles. The molecule has 3 rings (SSSR count). The maximum Gasteiger partial charge on any atom is 0.262 e. The Morgan fingerprint density at radius 3 is 2.66 bits per heavy atom. The number of rotatable bonds is 7. The van der Waals surface area contributed by atoms with Crippen LogP contribution in [0.5, 0.6) is 5.75 Å². The van der Waals surface area contributed by atoms with E-state index in [-0.39, 0.29) is 30.6 Å². The van der Waals surface area contributed by atoms with Gasteiger partial charge in [-0.1, -0.05) is 24.3 Å². The van der Waals surface area contributed by atoms with Crippen molar-refractivity contribution >= 4 is 29.9 Å². The van der Waals surface area contributed by atoms with Gasteiger partial charge in [-0.2, -0.15) is 0 Å². The number of likely N-dealkylation sites (tertiary alicyclic amines) is 1. The molecule has 2 aromatic rings. The van der Waals surface area contributed by atoms with Crippen molar-refractivity contribution in [2.45, 2.75) is 6.42 Å². The highest BCUT2D eigenvalue weighted by molar-refractivity contribution is 5.97. The molecule has 0 spiro atoms. The number of carbonyl (C=O) groups is 2. The summed E-state index contributed by atoms with van der Waals surface area (Å²) in [6.45, 7) is 1.95. The smallest absolute Gasteiger partial charge is 0.262 e. The van der Waals surface area contributed by atoms with Gasteiger partial charge in [0.2, 0.25) is 0 Å². The zero-order valence-electron chi connectivity index (χ0n) is 16.2. The van der Waals surface area contributed by atoms with Gasteiger partial charge in [-0.15, -0.1) is 12.4 Å². The summed E-state index contributed by atoms with van der Waals surface area (Å²) in [7, 11) is 1.90. The van der Waals surface area contributed by atoms with Gasteiger partial charge < -0.3 is 20.3 Å². The van der Waals surface area contributed by atoms with Gasteiger partial charge in [-0.3, -0.25) is 9.59 Å². The Hall–Kier alpha value is -2.64. The lowest BCUT2D eigenvalue weighted by atomic mass is 10.1.